The second kappa shape index (κ2) is 14.3. The molecule has 0 aliphatic carbocycles. The topological polar surface area (TPSA) is 166 Å². The number of benzene rings is 1. The van der Waals surface area contributed by atoms with Gasteiger partial charge in [-0.25, -0.2) is 4.98 Å². The molecule has 28 heavy (non-hydrogen) atoms. The van der Waals surface area contributed by atoms with Crippen LogP contribution in [0.1, 0.15) is 12.1 Å². The Hall–Kier alpha value is -2.82. The number of aromatic nitrogens is 1. The molecule has 0 bridgehead atoms. The van der Waals surface area contributed by atoms with Crippen molar-refractivity contribution in [1.82, 2.24) is 15.6 Å². The molecule has 3 amide bonds. The van der Waals surface area contributed by atoms with Gasteiger partial charge in [-0.1, -0.05) is 30.3 Å². The number of carbonyl (C=O) groups excluding carboxylic acids is 3. The predicted molar refractivity (Wildman–Crippen MR) is 111 cm³/mol. The molecule has 0 aliphatic heterocycles. The van der Waals surface area contributed by atoms with Crippen molar-refractivity contribution in [2.24, 2.45) is 17.2 Å². The highest BCUT2D eigenvalue weighted by Gasteiger charge is 2.22. The number of amides is 3. The van der Waals surface area contributed by atoms with Crippen LogP contribution in [-0.2, 0) is 20.8 Å². The number of hydrogen-bond donors (Lipinski definition) is 5. The number of thiazole rings is 1. The van der Waals surface area contributed by atoms with Gasteiger partial charge in [-0.2, -0.15) is 0 Å². The van der Waals surface area contributed by atoms with E-state index in [1.165, 1.54) is 32.5 Å². The van der Waals surface area contributed by atoms with Crippen molar-refractivity contribution in [3.63, 3.8) is 0 Å². The van der Waals surface area contributed by atoms with E-state index in [0.29, 0.717) is 5.69 Å². The highest BCUT2D eigenvalue weighted by atomic mass is 32.1. The van der Waals surface area contributed by atoms with Crippen LogP contribution in [0.3, 0.4) is 0 Å². The predicted octanol–water partition coefficient (Wildman–Crippen LogP) is -0.391. The summed E-state index contributed by atoms with van der Waals surface area (Å²) in [4.78, 5) is 39.2. The molecule has 0 spiro atoms. The zero-order valence-electron chi connectivity index (χ0n) is 16.3. The second-order valence-electron chi connectivity index (χ2n) is 5.09. The Labute approximate surface area is 168 Å². The maximum absolute atomic E-state index is 12.1. The lowest BCUT2D eigenvalue weighted by Gasteiger charge is -2.15. The van der Waals surface area contributed by atoms with Crippen molar-refractivity contribution in [2.75, 3.05) is 21.1 Å². The molecule has 0 saturated heterocycles. The van der Waals surface area contributed by atoms with Gasteiger partial charge >= 0.3 is 0 Å². The summed E-state index contributed by atoms with van der Waals surface area (Å²) in [6, 6.07) is 8.66. The molecule has 1 atom stereocenters. The summed E-state index contributed by atoms with van der Waals surface area (Å²) >= 11 is 1.44. The molecule has 1 heterocycles. The van der Waals surface area contributed by atoms with E-state index >= 15 is 0 Å². The zero-order chi connectivity index (χ0) is 21.5. The number of rotatable bonds is 7. The first-order valence-electron chi connectivity index (χ1n) is 8.44. The summed E-state index contributed by atoms with van der Waals surface area (Å²) in [5, 5.41) is 7.51. The first kappa shape index (κ1) is 25.2. The van der Waals surface area contributed by atoms with Crippen LogP contribution in [0, 0.1) is 0 Å². The standard InChI is InChI=1S/C16H18N4O3S.2CH5N/c1-18-15(23)12(8-13(17)21)20-14(22)7-11-9-24-16(19-11)10-5-3-2-4-6-10;2*1-2/h2-6,9,12H,7-8H2,1H3,(H2,17,21)(H,18,23)(H,20,22);2*2H2,1H3/t12-;;/m0../s1. The van der Waals surface area contributed by atoms with Crippen LogP contribution in [-0.4, -0.2) is 49.9 Å². The van der Waals surface area contributed by atoms with Crippen LogP contribution in [0.5, 0.6) is 0 Å². The van der Waals surface area contributed by atoms with Gasteiger partial charge in [-0.15, -0.1) is 11.3 Å². The zero-order valence-corrected chi connectivity index (χ0v) is 17.1. The Morgan fingerprint density at radius 1 is 1.11 bits per heavy atom. The number of nitrogens with two attached hydrogens (primary N) is 3. The first-order valence-corrected chi connectivity index (χ1v) is 9.32. The van der Waals surface area contributed by atoms with Crippen LogP contribution in [0.25, 0.3) is 10.6 Å². The van der Waals surface area contributed by atoms with Crippen molar-refractivity contribution in [3.05, 3.63) is 41.4 Å². The first-order chi connectivity index (χ1) is 13.5. The fourth-order valence-electron chi connectivity index (χ4n) is 2.10. The normalized spacial score (nSPS) is 10.3. The smallest absolute Gasteiger partial charge is 0.242 e. The maximum atomic E-state index is 12.1. The lowest BCUT2D eigenvalue weighted by molar-refractivity contribution is -0.130. The molecule has 8 N–H and O–H groups in total. The van der Waals surface area contributed by atoms with Crippen LogP contribution in [0.2, 0.25) is 0 Å². The van der Waals surface area contributed by atoms with Crippen LogP contribution >= 0.6 is 11.3 Å². The van der Waals surface area contributed by atoms with Crippen molar-refractivity contribution < 1.29 is 14.4 Å². The van der Waals surface area contributed by atoms with Crippen molar-refractivity contribution >= 4 is 29.1 Å². The van der Waals surface area contributed by atoms with E-state index in [4.69, 9.17) is 5.73 Å². The summed E-state index contributed by atoms with van der Waals surface area (Å²) in [7, 11) is 4.43. The van der Waals surface area contributed by atoms with Gasteiger partial charge in [-0.05, 0) is 14.1 Å². The number of nitrogens with zero attached hydrogens (tertiary/aromatic N) is 1. The summed E-state index contributed by atoms with van der Waals surface area (Å²) in [6.07, 6.45) is -0.229. The van der Waals surface area contributed by atoms with Gasteiger partial charge < -0.3 is 27.8 Å². The monoisotopic (exact) mass is 408 g/mol. The molecule has 2 aromatic rings. The minimum Gasteiger partial charge on any atom is -0.370 e. The molecule has 0 unspecified atom stereocenters. The quantitative estimate of drug-likeness (QED) is 0.418. The van der Waals surface area contributed by atoms with E-state index in [-0.39, 0.29) is 12.8 Å². The molecule has 154 valence electrons. The SMILES string of the molecule is CN.CN.CNC(=O)[C@H](CC(N)=O)NC(=O)Cc1csc(-c2ccccc2)n1. The molecule has 0 radical (unpaired) electrons. The van der Waals surface area contributed by atoms with Gasteiger partial charge in [0.15, 0.2) is 0 Å². The Morgan fingerprint density at radius 3 is 2.25 bits per heavy atom. The minimum atomic E-state index is -0.979. The minimum absolute atomic E-state index is 0.0234. The lowest BCUT2D eigenvalue weighted by atomic mass is 10.1. The van der Waals surface area contributed by atoms with Gasteiger partial charge in [0.05, 0.1) is 18.5 Å². The summed E-state index contributed by atoms with van der Waals surface area (Å²) in [6.45, 7) is 0. The summed E-state index contributed by atoms with van der Waals surface area (Å²) < 4.78 is 0. The van der Waals surface area contributed by atoms with Crippen molar-refractivity contribution in [3.8, 4) is 10.6 Å². The largest absolute Gasteiger partial charge is 0.370 e. The number of likely N-dealkylation sites (N-methyl/N-ethyl adjacent to an activating group) is 1. The number of primary amides is 1. The number of carbonyl (C=O) groups is 3. The number of nitrogens with one attached hydrogen (secondary N) is 2. The third-order valence-electron chi connectivity index (χ3n) is 3.22. The highest BCUT2D eigenvalue weighted by Crippen LogP contribution is 2.23. The lowest BCUT2D eigenvalue weighted by Crippen LogP contribution is -2.48. The van der Waals surface area contributed by atoms with E-state index in [1.54, 1.807) is 5.38 Å². The molecule has 2 rings (SSSR count). The van der Waals surface area contributed by atoms with Crippen molar-refractivity contribution in [2.45, 2.75) is 18.9 Å². The van der Waals surface area contributed by atoms with Gasteiger partial charge in [0, 0.05) is 18.0 Å². The molecule has 0 aliphatic rings. The molecular weight excluding hydrogens is 380 g/mol. The average Bonchev–Trinajstić information content (AvgIpc) is 3.18. The van der Waals surface area contributed by atoms with Crippen LogP contribution in [0.4, 0.5) is 0 Å². The summed E-state index contributed by atoms with van der Waals surface area (Å²) in [5.74, 6) is -1.52. The molecular formula is C18H28N6O3S. The van der Waals surface area contributed by atoms with E-state index in [1.807, 2.05) is 30.3 Å². The molecule has 0 saturated carbocycles. The maximum Gasteiger partial charge on any atom is 0.242 e. The third-order valence-corrected chi connectivity index (χ3v) is 4.16. The van der Waals surface area contributed by atoms with Crippen LogP contribution < -0.4 is 27.8 Å². The highest BCUT2D eigenvalue weighted by molar-refractivity contribution is 7.13. The fraction of sp³-hybridized carbons (Fsp3) is 0.333. The van der Waals surface area contributed by atoms with Crippen LogP contribution in [0.15, 0.2) is 35.7 Å². The average molecular weight is 409 g/mol. The molecule has 0 fully saturated rings. The van der Waals surface area contributed by atoms with E-state index in [0.717, 1.165) is 10.6 Å². The van der Waals surface area contributed by atoms with Gasteiger partial charge in [0.2, 0.25) is 17.7 Å². The van der Waals surface area contributed by atoms with Gasteiger partial charge in [0.1, 0.15) is 11.0 Å². The Morgan fingerprint density at radius 2 is 1.71 bits per heavy atom. The molecule has 10 heteroatoms. The molecule has 9 nitrogen and oxygen atoms in total. The van der Waals surface area contributed by atoms with Gasteiger partial charge in [0.25, 0.3) is 0 Å². The second-order valence-corrected chi connectivity index (χ2v) is 5.95. The summed E-state index contributed by atoms with van der Waals surface area (Å²) in [5.41, 5.74) is 15.7. The third kappa shape index (κ3) is 8.71. The van der Waals surface area contributed by atoms with Crippen molar-refractivity contribution in [1.29, 1.82) is 0 Å². The van der Waals surface area contributed by atoms with Gasteiger partial charge in [-0.3, -0.25) is 14.4 Å². The Bertz CT molecular complexity index is 736. The molecule has 1 aromatic heterocycles. The number of hydrogen-bond acceptors (Lipinski definition) is 7. The Kier molecular flexibility index (Phi) is 12.8. The van der Waals surface area contributed by atoms with E-state index in [9.17, 15) is 14.4 Å². The van der Waals surface area contributed by atoms with E-state index < -0.39 is 23.8 Å². The molecule has 1 aromatic carbocycles. The Balaban J connectivity index is 0.00000171. The van der Waals surface area contributed by atoms with E-state index in [2.05, 4.69) is 27.1 Å². The fourth-order valence-corrected chi connectivity index (χ4v) is 2.92.